The van der Waals surface area contributed by atoms with Crippen LogP contribution in [0.4, 0.5) is 18.9 Å². The molecule has 1 atom stereocenters. The van der Waals surface area contributed by atoms with E-state index in [0.717, 1.165) is 19.3 Å². The maximum atomic E-state index is 12.7. The Morgan fingerprint density at radius 3 is 2.58 bits per heavy atom. The summed E-state index contributed by atoms with van der Waals surface area (Å²) < 4.78 is 38.2. The number of amides is 1. The monoisotopic (exact) mass is 430 g/mol. The van der Waals surface area contributed by atoms with Crippen molar-refractivity contribution in [3.8, 4) is 0 Å². The number of rotatable bonds is 7. The van der Waals surface area contributed by atoms with Crippen LogP contribution in [-0.2, 0) is 11.8 Å². The molecule has 0 aliphatic heterocycles. The molecule has 2 heterocycles. The molecule has 162 valence electrons. The van der Waals surface area contributed by atoms with E-state index in [0.29, 0.717) is 35.2 Å². The molecule has 1 amide bonds. The van der Waals surface area contributed by atoms with Gasteiger partial charge in [0, 0.05) is 29.7 Å². The molecular weight excluding hydrogens is 409 g/mol. The van der Waals surface area contributed by atoms with Crippen LogP contribution >= 0.6 is 0 Å². The van der Waals surface area contributed by atoms with Gasteiger partial charge in [0.1, 0.15) is 11.3 Å². The SMILES string of the molecule is O=C(Nc1cccc(C(O)(CCC2CC2)c2cccnc2)c1)c1cc(C(F)(F)F)n[nH]1. The summed E-state index contributed by atoms with van der Waals surface area (Å²) in [7, 11) is 0. The van der Waals surface area contributed by atoms with Crippen molar-refractivity contribution in [3.05, 3.63) is 77.4 Å². The third-order valence-corrected chi connectivity index (χ3v) is 5.46. The topological polar surface area (TPSA) is 90.9 Å². The number of hydrogen-bond acceptors (Lipinski definition) is 4. The highest BCUT2D eigenvalue weighted by molar-refractivity contribution is 6.03. The van der Waals surface area contributed by atoms with Crippen LogP contribution in [0.1, 0.15) is 53.0 Å². The number of nitrogens with zero attached hydrogens (tertiary/aromatic N) is 2. The van der Waals surface area contributed by atoms with Gasteiger partial charge in [-0.15, -0.1) is 0 Å². The lowest BCUT2D eigenvalue weighted by atomic mass is 9.82. The standard InChI is InChI=1S/C22H21F3N4O2/c23-22(24,25)19-12-18(28-29-19)20(30)27-17-5-1-3-15(11-17)21(31,9-8-14-6-7-14)16-4-2-10-26-13-16/h1-5,10-14,31H,6-9H2,(H,27,30)(H,28,29). The first-order valence-corrected chi connectivity index (χ1v) is 9.93. The van der Waals surface area contributed by atoms with E-state index in [1.165, 1.54) is 0 Å². The smallest absolute Gasteiger partial charge is 0.380 e. The van der Waals surface area contributed by atoms with Crippen LogP contribution in [0.15, 0.2) is 54.9 Å². The minimum atomic E-state index is -4.64. The van der Waals surface area contributed by atoms with Crippen molar-refractivity contribution < 1.29 is 23.1 Å². The lowest BCUT2D eigenvalue weighted by Gasteiger charge is -2.29. The summed E-state index contributed by atoms with van der Waals surface area (Å²) in [6.45, 7) is 0. The predicted octanol–water partition coefficient (Wildman–Crippen LogP) is 4.50. The van der Waals surface area contributed by atoms with Gasteiger partial charge in [-0.2, -0.15) is 18.3 Å². The number of nitrogens with one attached hydrogen (secondary N) is 2. The summed E-state index contributed by atoms with van der Waals surface area (Å²) in [6.07, 6.45) is 2.26. The molecular formula is C22H21F3N4O2. The number of H-pyrrole nitrogens is 1. The van der Waals surface area contributed by atoms with E-state index in [9.17, 15) is 23.1 Å². The minimum absolute atomic E-state index is 0.311. The summed E-state index contributed by atoms with van der Waals surface area (Å²) in [6, 6.07) is 10.9. The molecule has 1 fully saturated rings. The lowest BCUT2D eigenvalue weighted by molar-refractivity contribution is -0.141. The maximum absolute atomic E-state index is 12.7. The van der Waals surface area contributed by atoms with Crippen LogP contribution in [0, 0.1) is 5.92 Å². The van der Waals surface area contributed by atoms with E-state index in [1.807, 2.05) is 0 Å². The molecule has 1 aliphatic rings. The van der Waals surface area contributed by atoms with Crippen LogP contribution < -0.4 is 5.32 Å². The molecule has 1 unspecified atom stereocenters. The van der Waals surface area contributed by atoms with Crippen LogP contribution in [0.3, 0.4) is 0 Å². The first-order valence-electron chi connectivity index (χ1n) is 9.93. The van der Waals surface area contributed by atoms with Gasteiger partial charge in [-0.3, -0.25) is 14.9 Å². The molecule has 3 N–H and O–H groups in total. The molecule has 1 aromatic carbocycles. The number of aliphatic hydroxyl groups is 1. The highest BCUT2D eigenvalue weighted by atomic mass is 19.4. The Bertz CT molecular complexity index is 1060. The number of aromatic amines is 1. The van der Waals surface area contributed by atoms with E-state index in [2.05, 4.69) is 20.5 Å². The van der Waals surface area contributed by atoms with Crippen molar-refractivity contribution in [2.45, 2.75) is 37.5 Å². The molecule has 1 aliphatic carbocycles. The molecule has 0 saturated heterocycles. The Kier molecular flexibility index (Phi) is 5.53. The lowest BCUT2D eigenvalue weighted by Crippen LogP contribution is -2.28. The summed E-state index contributed by atoms with van der Waals surface area (Å²) in [5.74, 6) is -0.155. The minimum Gasteiger partial charge on any atom is -0.380 e. The average Bonchev–Trinajstić information content (AvgIpc) is 3.44. The number of anilines is 1. The zero-order valence-corrected chi connectivity index (χ0v) is 16.5. The third kappa shape index (κ3) is 4.77. The van der Waals surface area contributed by atoms with Crippen molar-refractivity contribution in [2.75, 3.05) is 5.32 Å². The van der Waals surface area contributed by atoms with E-state index in [4.69, 9.17) is 0 Å². The number of benzene rings is 1. The van der Waals surface area contributed by atoms with Gasteiger partial charge < -0.3 is 10.4 Å². The largest absolute Gasteiger partial charge is 0.435 e. The third-order valence-electron chi connectivity index (χ3n) is 5.46. The quantitative estimate of drug-likeness (QED) is 0.515. The van der Waals surface area contributed by atoms with Gasteiger partial charge in [-0.25, -0.2) is 0 Å². The molecule has 0 radical (unpaired) electrons. The Hall–Kier alpha value is -3.20. The van der Waals surface area contributed by atoms with Crippen molar-refractivity contribution >= 4 is 11.6 Å². The van der Waals surface area contributed by atoms with Crippen molar-refractivity contribution in [3.63, 3.8) is 0 Å². The van der Waals surface area contributed by atoms with E-state index in [-0.39, 0.29) is 5.69 Å². The van der Waals surface area contributed by atoms with E-state index >= 15 is 0 Å². The van der Waals surface area contributed by atoms with Crippen molar-refractivity contribution in [2.24, 2.45) is 5.92 Å². The van der Waals surface area contributed by atoms with E-state index in [1.54, 1.807) is 48.8 Å². The summed E-state index contributed by atoms with van der Waals surface area (Å²) in [5.41, 5.74) is -1.22. The van der Waals surface area contributed by atoms with Gasteiger partial charge in [0.2, 0.25) is 0 Å². The second-order valence-electron chi connectivity index (χ2n) is 7.78. The number of pyridine rings is 1. The molecule has 6 nitrogen and oxygen atoms in total. The molecule has 0 bridgehead atoms. The Morgan fingerprint density at radius 1 is 1.16 bits per heavy atom. The fourth-order valence-corrected chi connectivity index (χ4v) is 3.52. The number of halogens is 3. The number of hydrogen-bond donors (Lipinski definition) is 3. The predicted molar refractivity (Wildman–Crippen MR) is 107 cm³/mol. The Labute approximate surface area is 176 Å². The Morgan fingerprint density at radius 2 is 1.94 bits per heavy atom. The van der Waals surface area contributed by atoms with Crippen molar-refractivity contribution in [1.29, 1.82) is 0 Å². The van der Waals surface area contributed by atoms with Crippen LogP contribution in [0.25, 0.3) is 0 Å². The molecule has 2 aromatic heterocycles. The van der Waals surface area contributed by atoms with Gasteiger partial charge in [-0.05, 0) is 42.5 Å². The summed E-state index contributed by atoms with van der Waals surface area (Å²) >= 11 is 0. The highest BCUT2D eigenvalue weighted by Gasteiger charge is 2.36. The summed E-state index contributed by atoms with van der Waals surface area (Å²) in [4.78, 5) is 16.5. The Balaban J connectivity index is 1.58. The van der Waals surface area contributed by atoms with Crippen LogP contribution in [0.2, 0.25) is 0 Å². The maximum Gasteiger partial charge on any atom is 0.435 e. The molecule has 31 heavy (non-hydrogen) atoms. The molecule has 4 rings (SSSR count). The first-order chi connectivity index (χ1) is 14.8. The van der Waals surface area contributed by atoms with Crippen LogP contribution in [-0.4, -0.2) is 26.2 Å². The molecule has 1 saturated carbocycles. The molecule has 0 spiro atoms. The fraction of sp³-hybridized carbons (Fsp3) is 0.318. The second kappa shape index (κ2) is 8.14. The van der Waals surface area contributed by atoms with Gasteiger partial charge in [0.25, 0.3) is 5.91 Å². The zero-order chi connectivity index (χ0) is 22.1. The molecule has 3 aromatic rings. The van der Waals surface area contributed by atoms with Crippen molar-refractivity contribution in [1.82, 2.24) is 15.2 Å². The second-order valence-corrected chi connectivity index (χ2v) is 7.78. The zero-order valence-electron chi connectivity index (χ0n) is 16.5. The fourth-order valence-electron chi connectivity index (χ4n) is 3.52. The first kappa shape index (κ1) is 21.0. The van der Waals surface area contributed by atoms with Gasteiger partial charge in [0.05, 0.1) is 0 Å². The summed E-state index contributed by atoms with van der Waals surface area (Å²) in [5, 5.41) is 19.4. The average molecular weight is 430 g/mol. The van der Waals surface area contributed by atoms with Crippen LogP contribution in [0.5, 0.6) is 0 Å². The van der Waals surface area contributed by atoms with Gasteiger partial charge >= 0.3 is 6.18 Å². The normalized spacial score (nSPS) is 16.0. The number of carbonyl (C=O) groups is 1. The van der Waals surface area contributed by atoms with Gasteiger partial charge in [0.15, 0.2) is 5.69 Å². The van der Waals surface area contributed by atoms with Gasteiger partial charge in [-0.1, -0.05) is 31.0 Å². The highest BCUT2D eigenvalue weighted by Crippen LogP contribution is 2.41. The number of alkyl halides is 3. The van der Waals surface area contributed by atoms with E-state index < -0.39 is 23.4 Å². The molecule has 9 heteroatoms. The number of carbonyl (C=O) groups excluding carboxylic acids is 1. The number of aromatic nitrogens is 3.